The summed E-state index contributed by atoms with van der Waals surface area (Å²) < 4.78 is 7.81. The van der Waals surface area contributed by atoms with Gasteiger partial charge in [-0.1, -0.05) is 12.1 Å². The monoisotopic (exact) mass is 421 g/mol. The van der Waals surface area contributed by atoms with E-state index in [1.807, 2.05) is 28.8 Å². The minimum atomic E-state index is -0.445. The van der Waals surface area contributed by atoms with Crippen LogP contribution in [-0.4, -0.2) is 44.2 Å². The largest absolute Gasteiger partial charge is 0.511 e. The van der Waals surface area contributed by atoms with E-state index in [0.717, 1.165) is 11.0 Å². The van der Waals surface area contributed by atoms with Gasteiger partial charge in [0.15, 0.2) is 0 Å². The molecular formula is C23H27N5O3. The number of para-hydroxylation sites is 2. The Morgan fingerprint density at radius 1 is 1.26 bits per heavy atom. The van der Waals surface area contributed by atoms with Crippen LogP contribution in [0.25, 0.3) is 16.6 Å². The number of nitrogens with one attached hydrogen (secondary N) is 2. The van der Waals surface area contributed by atoms with Gasteiger partial charge in [-0.3, -0.25) is 9.78 Å². The number of amides is 1. The molecule has 1 aliphatic rings. The van der Waals surface area contributed by atoms with Crippen molar-refractivity contribution in [3.8, 4) is 5.75 Å². The van der Waals surface area contributed by atoms with Crippen molar-refractivity contribution < 1.29 is 14.6 Å². The van der Waals surface area contributed by atoms with Crippen LogP contribution in [0.15, 0.2) is 48.5 Å². The molecule has 2 aromatic heterocycles. The molecule has 1 amide bonds. The van der Waals surface area contributed by atoms with Gasteiger partial charge >= 0.3 is 0 Å². The predicted octanol–water partition coefficient (Wildman–Crippen LogP) is 3.51. The van der Waals surface area contributed by atoms with E-state index in [0.29, 0.717) is 43.4 Å². The van der Waals surface area contributed by atoms with Crippen LogP contribution in [0.1, 0.15) is 33.0 Å². The third-order valence-corrected chi connectivity index (χ3v) is 5.01. The Balaban J connectivity index is 1.54. The van der Waals surface area contributed by atoms with Crippen LogP contribution in [0.5, 0.6) is 5.75 Å². The minimum Gasteiger partial charge on any atom is -0.511 e. The van der Waals surface area contributed by atoms with E-state index >= 15 is 0 Å². The summed E-state index contributed by atoms with van der Waals surface area (Å²) >= 11 is 0. The predicted molar refractivity (Wildman–Crippen MR) is 120 cm³/mol. The molecule has 3 N–H and O–H groups in total. The van der Waals surface area contributed by atoms with Gasteiger partial charge < -0.3 is 25.0 Å². The number of aliphatic hydroxyl groups is 1. The minimum absolute atomic E-state index is 0.00487. The van der Waals surface area contributed by atoms with Crippen molar-refractivity contribution in [2.75, 3.05) is 18.5 Å². The second-order valence-electron chi connectivity index (χ2n) is 8.50. The number of fused-ring (bicyclic) bond motifs is 3. The van der Waals surface area contributed by atoms with E-state index in [1.54, 1.807) is 12.3 Å². The van der Waals surface area contributed by atoms with Crippen molar-refractivity contribution >= 4 is 28.2 Å². The average Bonchev–Trinajstić information content (AvgIpc) is 3.09. The van der Waals surface area contributed by atoms with Crippen molar-refractivity contribution in [3.63, 3.8) is 0 Å². The lowest BCUT2D eigenvalue weighted by Crippen LogP contribution is -2.38. The first-order chi connectivity index (χ1) is 14.8. The maximum Gasteiger partial charge on any atom is 0.263 e. The summed E-state index contributed by atoms with van der Waals surface area (Å²) in [4.78, 5) is 21.8. The summed E-state index contributed by atoms with van der Waals surface area (Å²) in [5, 5.41) is 16.7. The van der Waals surface area contributed by atoms with Crippen molar-refractivity contribution in [1.82, 2.24) is 19.9 Å². The number of carbonyl (C=O) groups excluding carboxylic acids is 1. The first kappa shape index (κ1) is 20.9. The molecule has 0 bridgehead atoms. The fourth-order valence-electron chi connectivity index (χ4n) is 3.57. The van der Waals surface area contributed by atoms with Crippen molar-refractivity contribution in [3.05, 3.63) is 54.3 Å². The Morgan fingerprint density at radius 3 is 2.87 bits per heavy atom. The van der Waals surface area contributed by atoms with Crippen LogP contribution in [0, 0.1) is 0 Å². The van der Waals surface area contributed by atoms with Gasteiger partial charge in [-0.15, -0.1) is 0 Å². The zero-order valence-corrected chi connectivity index (χ0v) is 18.0. The van der Waals surface area contributed by atoms with Gasteiger partial charge in [-0.05, 0) is 32.9 Å². The van der Waals surface area contributed by atoms with Crippen molar-refractivity contribution in [1.29, 1.82) is 0 Å². The molecule has 1 aromatic carbocycles. The molecule has 0 atom stereocenters. The van der Waals surface area contributed by atoms with Crippen LogP contribution >= 0.6 is 0 Å². The van der Waals surface area contributed by atoms with E-state index in [4.69, 9.17) is 4.74 Å². The van der Waals surface area contributed by atoms with Crippen LogP contribution in [-0.2, 0) is 11.3 Å². The molecule has 0 fully saturated rings. The molecule has 8 heteroatoms. The molecule has 4 rings (SSSR count). The van der Waals surface area contributed by atoms with Gasteiger partial charge in [0.2, 0.25) is 0 Å². The van der Waals surface area contributed by atoms with E-state index in [9.17, 15) is 9.90 Å². The number of aryl methyl sites for hydroxylation is 1. The number of carbonyl (C=O) groups is 1. The number of nitrogens with zero attached hydrogens (tertiary/aromatic N) is 3. The first-order valence-electron chi connectivity index (χ1n) is 10.3. The lowest BCUT2D eigenvalue weighted by atomic mass is 10.1. The molecule has 3 heterocycles. The van der Waals surface area contributed by atoms with Crippen LogP contribution in [0.2, 0.25) is 0 Å². The Hall–Kier alpha value is -3.39. The number of pyridine rings is 1. The van der Waals surface area contributed by atoms with Gasteiger partial charge in [0.1, 0.15) is 35.2 Å². The Kier molecular flexibility index (Phi) is 5.65. The summed E-state index contributed by atoms with van der Waals surface area (Å²) in [6, 6.07) is 9.40. The molecule has 0 spiro atoms. The molecule has 0 saturated carbocycles. The molecule has 8 nitrogen and oxygen atoms in total. The van der Waals surface area contributed by atoms with Crippen LogP contribution in [0.3, 0.4) is 0 Å². The van der Waals surface area contributed by atoms with Gasteiger partial charge in [-0.2, -0.15) is 0 Å². The SMILES string of the molecule is CC(C)(C)NCCOc1ccncc1NC(=O)C1=C(O)CCn2c1nc1ccccc12. The Morgan fingerprint density at radius 2 is 2.06 bits per heavy atom. The van der Waals surface area contributed by atoms with Crippen molar-refractivity contribution in [2.45, 2.75) is 39.3 Å². The molecule has 162 valence electrons. The summed E-state index contributed by atoms with van der Waals surface area (Å²) in [6.07, 6.45) is 3.51. The lowest BCUT2D eigenvalue weighted by molar-refractivity contribution is -0.111. The Labute approximate surface area is 181 Å². The smallest absolute Gasteiger partial charge is 0.263 e. The van der Waals surface area contributed by atoms with Gasteiger partial charge in [0.25, 0.3) is 5.91 Å². The number of hydrogen-bond acceptors (Lipinski definition) is 6. The number of ether oxygens (including phenoxy) is 1. The number of anilines is 1. The third kappa shape index (κ3) is 4.54. The average molecular weight is 422 g/mol. The fourth-order valence-corrected chi connectivity index (χ4v) is 3.57. The highest BCUT2D eigenvalue weighted by Gasteiger charge is 2.28. The standard InChI is InChI=1S/C23H27N5O3/c1-23(2,3)25-11-13-31-19-8-10-24-14-16(19)27-22(30)20-18(29)9-12-28-17-7-5-4-6-15(17)26-21(20)28/h4-8,10,14,25,29H,9,11-13H2,1-3H3,(H,27,30). The Bertz CT molecular complexity index is 1140. The highest BCUT2D eigenvalue weighted by atomic mass is 16.5. The molecule has 0 aliphatic carbocycles. The molecule has 0 saturated heterocycles. The topological polar surface area (TPSA) is 101 Å². The number of rotatable bonds is 6. The van der Waals surface area contributed by atoms with E-state index in [1.165, 1.54) is 6.20 Å². The summed E-state index contributed by atoms with van der Waals surface area (Å²) in [5.74, 6) is 0.562. The van der Waals surface area contributed by atoms with Gasteiger partial charge in [0, 0.05) is 37.3 Å². The quantitative estimate of drug-likeness (QED) is 0.527. The van der Waals surface area contributed by atoms with E-state index in [2.05, 4.69) is 41.4 Å². The molecule has 31 heavy (non-hydrogen) atoms. The zero-order chi connectivity index (χ0) is 22.0. The summed E-state index contributed by atoms with van der Waals surface area (Å²) in [7, 11) is 0. The number of imidazole rings is 1. The van der Waals surface area contributed by atoms with Crippen LogP contribution in [0.4, 0.5) is 5.69 Å². The van der Waals surface area contributed by atoms with Gasteiger partial charge in [0.05, 0.1) is 17.2 Å². The number of aromatic nitrogens is 3. The number of allylic oxidation sites excluding steroid dienone is 1. The molecule has 0 unspecified atom stereocenters. The maximum absolute atomic E-state index is 13.2. The number of benzene rings is 1. The second kappa shape index (κ2) is 8.39. The lowest BCUT2D eigenvalue weighted by Gasteiger charge is -2.21. The highest BCUT2D eigenvalue weighted by molar-refractivity contribution is 6.25. The number of aliphatic hydroxyl groups excluding tert-OH is 1. The molecule has 0 radical (unpaired) electrons. The first-order valence-corrected chi connectivity index (χ1v) is 10.3. The second-order valence-corrected chi connectivity index (χ2v) is 8.50. The molecular weight excluding hydrogens is 394 g/mol. The number of hydrogen-bond donors (Lipinski definition) is 3. The molecule has 3 aromatic rings. The summed E-state index contributed by atoms with van der Waals surface area (Å²) in [6.45, 7) is 7.93. The fraction of sp³-hybridized carbons (Fsp3) is 0.348. The van der Waals surface area contributed by atoms with E-state index < -0.39 is 5.91 Å². The van der Waals surface area contributed by atoms with E-state index in [-0.39, 0.29) is 16.9 Å². The zero-order valence-electron chi connectivity index (χ0n) is 18.0. The highest BCUT2D eigenvalue weighted by Crippen LogP contribution is 2.31. The van der Waals surface area contributed by atoms with Gasteiger partial charge in [-0.25, -0.2) is 4.98 Å². The maximum atomic E-state index is 13.2. The summed E-state index contributed by atoms with van der Waals surface area (Å²) in [5.41, 5.74) is 2.33. The van der Waals surface area contributed by atoms with Crippen molar-refractivity contribution in [2.24, 2.45) is 0 Å². The third-order valence-electron chi connectivity index (χ3n) is 5.01. The molecule has 1 aliphatic heterocycles. The normalized spacial score (nSPS) is 13.9. The van der Waals surface area contributed by atoms with Crippen LogP contribution < -0.4 is 15.4 Å².